The van der Waals surface area contributed by atoms with E-state index < -0.39 is 0 Å². The molecule has 1 aliphatic carbocycles. The lowest BCUT2D eigenvalue weighted by Gasteiger charge is -2.16. The Morgan fingerprint density at radius 2 is 2.00 bits per heavy atom. The maximum Gasteiger partial charge on any atom is 0.188 e. The molecule has 0 aliphatic heterocycles. The Labute approximate surface area is 97.3 Å². The lowest BCUT2D eigenvalue weighted by Crippen LogP contribution is -2.40. The number of nitrogens with zero attached hydrogens (tertiary/aromatic N) is 1. The first kappa shape index (κ1) is 12.7. The van der Waals surface area contributed by atoms with Crippen molar-refractivity contribution in [1.82, 2.24) is 5.32 Å². The highest BCUT2D eigenvalue weighted by Crippen LogP contribution is 2.16. The zero-order chi connectivity index (χ0) is 10.9. The Morgan fingerprint density at radius 3 is 2.60 bits per heavy atom. The van der Waals surface area contributed by atoms with E-state index in [0.29, 0.717) is 12.0 Å². The van der Waals surface area contributed by atoms with Gasteiger partial charge in [-0.1, -0.05) is 25.7 Å². The van der Waals surface area contributed by atoms with E-state index in [9.17, 15) is 0 Å². The highest BCUT2D eigenvalue weighted by molar-refractivity contribution is 7.98. The summed E-state index contributed by atoms with van der Waals surface area (Å²) in [6.45, 7) is 0.826. The van der Waals surface area contributed by atoms with E-state index in [4.69, 9.17) is 5.73 Å². The minimum Gasteiger partial charge on any atom is -0.370 e. The van der Waals surface area contributed by atoms with Crippen LogP contribution < -0.4 is 11.1 Å². The molecule has 0 atom stereocenters. The lowest BCUT2D eigenvalue weighted by atomic mass is 10.1. The van der Waals surface area contributed by atoms with Crippen LogP contribution in [0.15, 0.2) is 4.99 Å². The zero-order valence-electron chi connectivity index (χ0n) is 9.67. The maximum absolute atomic E-state index is 5.83. The van der Waals surface area contributed by atoms with Gasteiger partial charge in [-0.25, -0.2) is 0 Å². The van der Waals surface area contributed by atoms with Gasteiger partial charge in [0.1, 0.15) is 0 Å². The molecule has 15 heavy (non-hydrogen) atoms. The predicted molar refractivity (Wildman–Crippen MR) is 69.5 cm³/mol. The molecule has 4 heteroatoms. The first-order valence-electron chi connectivity index (χ1n) is 5.88. The third-order valence-corrected chi connectivity index (χ3v) is 3.38. The van der Waals surface area contributed by atoms with Crippen molar-refractivity contribution in [3.8, 4) is 0 Å². The fourth-order valence-corrected chi connectivity index (χ4v) is 2.21. The minimum atomic E-state index is 0.561. The van der Waals surface area contributed by atoms with Gasteiger partial charge in [-0.15, -0.1) is 0 Å². The van der Waals surface area contributed by atoms with E-state index in [-0.39, 0.29) is 0 Å². The van der Waals surface area contributed by atoms with Gasteiger partial charge in [-0.3, -0.25) is 4.99 Å². The second-order valence-electron chi connectivity index (χ2n) is 4.09. The average Bonchev–Trinajstić information content (AvgIpc) is 2.47. The summed E-state index contributed by atoms with van der Waals surface area (Å²) in [5.41, 5.74) is 5.83. The second-order valence-corrected chi connectivity index (χ2v) is 5.08. The van der Waals surface area contributed by atoms with Crippen molar-refractivity contribution < 1.29 is 0 Å². The monoisotopic (exact) mass is 229 g/mol. The molecule has 1 rings (SSSR count). The number of nitrogens with two attached hydrogens (primary N) is 1. The van der Waals surface area contributed by atoms with Crippen LogP contribution in [0.4, 0.5) is 0 Å². The van der Waals surface area contributed by atoms with E-state index >= 15 is 0 Å². The molecular formula is C11H23N3S. The molecule has 0 aromatic carbocycles. The Bertz CT molecular complexity index is 186. The SMILES string of the molecule is CSCCN=C(N)NC1CCCCCC1. The largest absolute Gasteiger partial charge is 0.370 e. The molecular weight excluding hydrogens is 206 g/mol. The van der Waals surface area contributed by atoms with Crippen LogP contribution in [-0.4, -0.2) is 30.6 Å². The van der Waals surface area contributed by atoms with Crippen molar-refractivity contribution in [3.63, 3.8) is 0 Å². The van der Waals surface area contributed by atoms with Crippen molar-refractivity contribution in [2.24, 2.45) is 10.7 Å². The molecule has 0 bridgehead atoms. The van der Waals surface area contributed by atoms with E-state index in [0.717, 1.165) is 12.3 Å². The van der Waals surface area contributed by atoms with Gasteiger partial charge in [0.15, 0.2) is 5.96 Å². The third-order valence-electron chi connectivity index (χ3n) is 2.78. The fraction of sp³-hybridized carbons (Fsp3) is 0.909. The first-order valence-corrected chi connectivity index (χ1v) is 7.27. The van der Waals surface area contributed by atoms with Gasteiger partial charge in [0.05, 0.1) is 6.54 Å². The molecule has 0 radical (unpaired) electrons. The van der Waals surface area contributed by atoms with E-state index in [1.54, 1.807) is 11.8 Å². The van der Waals surface area contributed by atoms with E-state index in [2.05, 4.69) is 16.6 Å². The van der Waals surface area contributed by atoms with Gasteiger partial charge in [0.25, 0.3) is 0 Å². The molecule has 0 amide bonds. The van der Waals surface area contributed by atoms with E-state index in [1.807, 2.05) is 0 Å². The van der Waals surface area contributed by atoms with E-state index in [1.165, 1.54) is 38.5 Å². The van der Waals surface area contributed by atoms with Crippen molar-refractivity contribution in [1.29, 1.82) is 0 Å². The number of guanidine groups is 1. The summed E-state index contributed by atoms with van der Waals surface area (Å²) < 4.78 is 0. The number of rotatable bonds is 4. The summed E-state index contributed by atoms with van der Waals surface area (Å²) in [7, 11) is 0. The molecule has 1 fully saturated rings. The maximum atomic E-state index is 5.83. The van der Waals surface area contributed by atoms with Crippen molar-refractivity contribution in [3.05, 3.63) is 0 Å². The number of aliphatic imine (C=N–C) groups is 1. The van der Waals surface area contributed by atoms with Gasteiger partial charge < -0.3 is 11.1 Å². The highest BCUT2D eigenvalue weighted by Gasteiger charge is 2.11. The van der Waals surface area contributed by atoms with Gasteiger partial charge in [-0.2, -0.15) is 11.8 Å². The van der Waals surface area contributed by atoms with Crippen LogP contribution in [0, 0.1) is 0 Å². The predicted octanol–water partition coefficient (Wildman–Crippen LogP) is 1.98. The summed E-state index contributed by atoms with van der Waals surface area (Å²) >= 11 is 1.80. The Morgan fingerprint density at radius 1 is 1.33 bits per heavy atom. The quantitative estimate of drug-likeness (QED) is 0.335. The van der Waals surface area contributed by atoms with Gasteiger partial charge in [-0.05, 0) is 19.1 Å². The molecule has 1 aliphatic rings. The van der Waals surface area contributed by atoms with Crippen molar-refractivity contribution in [2.45, 2.75) is 44.6 Å². The van der Waals surface area contributed by atoms with Crippen LogP contribution in [-0.2, 0) is 0 Å². The normalized spacial score (nSPS) is 19.9. The molecule has 0 heterocycles. The molecule has 0 aromatic heterocycles. The summed E-state index contributed by atoms with van der Waals surface area (Å²) in [5.74, 6) is 1.68. The molecule has 0 spiro atoms. The second kappa shape index (κ2) is 7.85. The summed E-state index contributed by atoms with van der Waals surface area (Å²) in [4.78, 5) is 4.30. The average molecular weight is 229 g/mol. The molecule has 3 N–H and O–H groups in total. The van der Waals surface area contributed by atoms with Crippen LogP contribution >= 0.6 is 11.8 Å². The number of thioether (sulfide) groups is 1. The Kier molecular flexibility index (Phi) is 6.64. The van der Waals surface area contributed by atoms with Crippen molar-refractivity contribution in [2.75, 3.05) is 18.6 Å². The van der Waals surface area contributed by atoms with Gasteiger partial charge in [0.2, 0.25) is 0 Å². The number of nitrogens with one attached hydrogen (secondary N) is 1. The number of hydrogen-bond donors (Lipinski definition) is 2. The van der Waals surface area contributed by atoms with Crippen LogP contribution in [0.1, 0.15) is 38.5 Å². The lowest BCUT2D eigenvalue weighted by molar-refractivity contribution is 0.530. The first-order chi connectivity index (χ1) is 7.33. The zero-order valence-corrected chi connectivity index (χ0v) is 10.5. The number of hydrogen-bond acceptors (Lipinski definition) is 2. The fourth-order valence-electron chi connectivity index (χ4n) is 1.94. The van der Waals surface area contributed by atoms with Crippen LogP contribution in [0.25, 0.3) is 0 Å². The molecule has 0 unspecified atom stereocenters. The standard InChI is InChI=1S/C11H23N3S/c1-15-9-8-13-11(12)14-10-6-4-2-3-5-7-10/h10H,2-9H2,1H3,(H3,12,13,14). The van der Waals surface area contributed by atoms with Crippen LogP contribution in [0.2, 0.25) is 0 Å². The molecule has 3 nitrogen and oxygen atoms in total. The summed E-state index contributed by atoms with van der Waals surface area (Å²) in [5, 5.41) is 3.34. The minimum absolute atomic E-state index is 0.561. The highest BCUT2D eigenvalue weighted by atomic mass is 32.2. The van der Waals surface area contributed by atoms with Gasteiger partial charge >= 0.3 is 0 Å². The Hall–Kier alpha value is -0.380. The van der Waals surface area contributed by atoms with Crippen molar-refractivity contribution >= 4 is 17.7 Å². The molecule has 0 aromatic rings. The smallest absolute Gasteiger partial charge is 0.188 e. The molecule has 1 saturated carbocycles. The summed E-state index contributed by atoms with van der Waals surface area (Å²) in [6, 6.07) is 0.561. The van der Waals surface area contributed by atoms with Gasteiger partial charge in [0, 0.05) is 11.8 Å². The van der Waals surface area contributed by atoms with Crippen LogP contribution in [0.3, 0.4) is 0 Å². The molecule has 0 saturated heterocycles. The molecule has 88 valence electrons. The van der Waals surface area contributed by atoms with Crippen LogP contribution in [0.5, 0.6) is 0 Å². The Balaban J connectivity index is 2.22. The topological polar surface area (TPSA) is 50.4 Å². The third kappa shape index (κ3) is 5.92. The summed E-state index contributed by atoms with van der Waals surface area (Å²) in [6.07, 6.45) is 10.00.